The van der Waals surface area contributed by atoms with Crippen molar-refractivity contribution in [2.24, 2.45) is 29.6 Å². The summed E-state index contributed by atoms with van der Waals surface area (Å²) in [6, 6.07) is 16.8. The lowest BCUT2D eigenvalue weighted by atomic mass is 9.51. The predicted octanol–water partition coefficient (Wildman–Crippen LogP) is 6.16. The monoisotopic (exact) mass is 362 g/mol. The van der Waals surface area contributed by atoms with Gasteiger partial charge in [0, 0.05) is 5.92 Å². The minimum Gasteiger partial charge on any atom is -0.455 e. The second kappa shape index (κ2) is 6.89. The van der Waals surface area contributed by atoms with Gasteiger partial charge in [-0.15, -0.1) is 0 Å². The Morgan fingerprint density at radius 2 is 1.04 bits per heavy atom. The first-order valence-electron chi connectivity index (χ1n) is 10.6. The number of ether oxygens (including phenoxy) is 2. The molecule has 2 aromatic carbocycles. The molecule has 0 aromatic heterocycles. The molecule has 0 spiro atoms. The summed E-state index contributed by atoms with van der Waals surface area (Å²) in [7, 11) is 0. The van der Waals surface area contributed by atoms with Gasteiger partial charge in [-0.1, -0.05) is 35.4 Å². The standard InChI is InChI=1S/C25H30O2/c1-16-3-7-22(8-4-16)26-25(27-23-9-5-17(2)6-10-23)24-20-12-18-11-19(14-20)15-21(24)13-18/h3-10,18-21,24-25H,11-15H2,1-2H3. The maximum Gasteiger partial charge on any atom is 0.244 e. The Morgan fingerprint density at radius 1 is 0.630 bits per heavy atom. The third-order valence-corrected chi connectivity index (χ3v) is 7.16. The average Bonchev–Trinajstić information content (AvgIpc) is 2.64. The third kappa shape index (κ3) is 3.47. The van der Waals surface area contributed by atoms with E-state index in [9.17, 15) is 0 Å². The van der Waals surface area contributed by atoms with E-state index in [4.69, 9.17) is 9.47 Å². The number of hydrogen-bond donors (Lipinski definition) is 0. The number of rotatable bonds is 5. The predicted molar refractivity (Wildman–Crippen MR) is 108 cm³/mol. The first-order chi connectivity index (χ1) is 13.1. The maximum atomic E-state index is 6.51. The van der Waals surface area contributed by atoms with Gasteiger partial charge < -0.3 is 9.47 Å². The van der Waals surface area contributed by atoms with Crippen LogP contribution in [0.4, 0.5) is 0 Å². The van der Waals surface area contributed by atoms with Gasteiger partial charge in [-0.05, 0) is 93.9 Å². The van der Waals surface area contributed by atoms with Crippen LogP contribution < -0.4 is 9.47 Å². The Hall–Kier alpha value is -1.96. The van der Waals surface area contributed by atoms with Crippen molar-refractivity contribution in [2.75, 3.05) is 0 Å². The van der Waals surface area contributed by atoms with Crippen molar-refractivity contribution in [3.63, 3.8) is 0 Å². The minimum absolute atomic E-state index is 0.189. The Morgan fingerprint density at radius 3 is 1.44 bits per heavy atom. The zero-order chi connectivity index (χ0) is 18.4. The Labute approximate surface area is 162 Å². The molecule has 2 heteroatoms. The molecule has 0 radical (unpaired) electrons. The zero-order valence-electron chi connectivity index (χ0n) is 16.4. The largest absolute Gasteiger partial charge is 0.455 e. The summed E-state index contributed by atoms with van der Waals surface area (Å²) in [5, 5.41) is 0. The van der Waals surface area contributed by atoms with E-state index in [-0.39, 0.29) is 6.29 Å². The van der Waals surface area contributed by atoms with Crippen LogP contribution in [0.15, 0.2) is 48.5 Å². The molecule has 6 rings (SSSR count). The SMILES string of the molecule is Cc1ccc(OC(Oc2ccc(C)cc2)C2C3CC4CC(C3)CC2C4)cc1. The molecule has 0 atom stereocenters. The molecule has 0 amide bonds. The van der Waals surface area contributed by atoms with E-state index in [2.05, 4.69) is 62.4 Å². The quantitative estimate of drug-likeness (QED) is 0.593. The van der Waals surface area contributed by atoms with E-state index in [1.165, 1.54) is 43.2 Å². The molecule has 4 saturated carbocycles. The molecule has 0 heterocycles. The van der Waals surface area contributed by atoms with Crippen LogP contribution in [0.3, 0.4) is 0 Å². The summed E-state index contributed by atoms with van der Waals surface area (Å²) in [5.41, 5.74) is 2.51. The van der Waals surface area contributed by atoms with E-state index in [0.29, 0.717) is 5.92 Å². The molecule has 2 nitrogen and oxygen atoms in total. The van der Waals surface area contributed by atoms with Gasteiger partial charge in [-0.25, -0.2) is 0 Å². The van der Waals surface area contributed by atoms with Crippen molar-refractivity contribution in [1.82, 2.24) is 0 Å². The van der Waals surface area contributed by atoms with E-state index in [1.54, 1.807) is 0 Å². The fourth-order valence-corrected chi connectivity index (χ4v) is 6.09. The van der Waals surface area contributed by atoms with Crippen molar-refractivity contribution in [3.05, 3.63) is 59.7 Å². The molecule has 0 saturated heterocycles. The summed E-state index contributed by atoms with van der Waals surface area (Å²) in [5.74, 6) is 5.81. The molecular weight excluding hydrogens is 332 g/mol. The average molecular weight is 363 g/mol. The maximum absolute atomic E-state index is 6.51. The lowest BCUT2D eigenvalue weighted by Crippen LogP contribution is -2.52. The third-order valence-electron chi connectivity index (χ3n) is 7.16. The van der Waals surface area contributed by atoms with Crippen LogP contribution in [0, 0.1) is 43.4 Å². The first-order valence-corrected chi connectivity index (χ1v) is 10.6. The highest BCUT2D eigenvalue weighted by Gasteiger charge is 2.52. The number of aryl methyl sites for hydroxylation is 2. The van der Waals surface area contributed by atoms with Crippen LogP contribution in [-0.2, 0) is 0 Å². The molecule has 0 N–H and O–H groups in total. The van der Waals surface area contributed by atoms with Gasteiger partial charge in [0.1, 0.15) is 11.5 Å². The van der Waals surface area contributed by atoms with Crippen LogP contribution in [0.2, 0.25) is 0 Å². The van der Waals surface area contributed by atoms with Crippen molar-refractivity contribution in [3.8, 4) is 11.5 Å². The molecular formula is C25H30O2. The van der Waals surface area contributed by atoms with Crippen molar-refractivity contribution in [1.29, 1.82) is 0 Å². The van der Waals surface area contributed by atoms with Gasteiger partial charge in [-0.3, -0.25) is 0 Å². The van der Waals surface area contributed by atoms with Crippen LogP contribution >= 0.6 is 0 Å². The van der Waals surface area contributed by atoms with E-state index in [1.807, 2.05) is 0 Å². The summed E-state index contributed by atoms with van der Waals surface area (Å²) in [4.78, 5) is 0. The zero-order valence-corrected chi connectivity index (χ0v) is 16.4. The Balaban J connectivity index is 1.42. The lowest BCUT2D eigenvalue weighted by Gasteiger charge is -2.55. The highest BCUT2D eigenvalue weighted by molar-refractivity contribution is 5.28. The van der Waals surface area contributed by atoms with Crippen LogP contribution in [0.5, 0.6) is 11.5 Å². The highest BCUT2D eigenvalue weighted by atomic mass is 16.7. The lowest BCUT2D eigenvalue weighted by molar-refractivity contribution is -0.144. The molecule has 4 aliphatic carbocycles. The van der Waals surface area contributed by atoms with Gasteiger partial charge in [0.05, 0.1) is 0 Å². The van der Waals surface area contributed by atoms with E-state index in [0.717, 1.165) is 35.2 Å². The molecule has 27 heavy (non-hydrogen) atoms. The van der Waals surface area contributed by atoms with E-state index < -0.39 is 0 Å². The molecule has 4 aliphatic rings. The fourth-order valence-electron chi connectivity index (χ4n) is 6.09. The van der Waals surface area contributed by atoms with Crippen LogP contribution in [0.25, 0.3) is 0 Å². The molecule has 0 aliphatic heterocycles. The fraction of sp³-hybridized carbons (Fsp3) is 0.520. The molecule has 4 fully saturated rings. The molecule has 2 aromatic rings. The summed E-state index contributed by atoms with van der Waals surface area (Å²) in [6.07, 6.45) is 6.80. The summed E-state index contributed by atoms with van der Waals surface area (Å²) in [6.45, 7) is 4.23. The smallest absolute Gasteiger partial charge is 0.244 e. The van der Waals surface area contributed by atoms with Gasteiger partial charge in [0.2, 0.25) is 6.29 Å². The van der Waals surface area contributed by atoms with Gasteiger partial charge in [0.15, 0.2) is 0 Å². The summed E-state index contributed by atoms with van der Waals surface area (Å²) >= 11 is 0. The Kier molecular flexibility index (Phi) is 4.38. The van der Waals surface area contributed by atoms with Gasteiger partial charge >= 0.3 is 0 Å². The molecule has 142 valence electrons. The van der Waals surface area contributed by atoms with Crippen LogP contribution in [-0.4, -0.2) is 6.29 Å². The Bertz CT molecular complexity index is 701. The normalized spacial score (nSPS) is 31.3. The summed E-state index contributed by atoms with van der Waals surface area (Å²) < 4.78 is 13.0. The molecule has 0 unspecified atom stereocenters. The highest BCUT2D eigenvalue weighted by Crippen LogP contribution is 2.57. The van der Waals surface area contributed by atoms with Crippen molar-refractivity contribution < 1.29 is 9.47 Å². The van der Waals surface area contributed by atoms with Crippen molar-refractivity contribution in [2.45, 2.75) is 52.2 Å². The van der Waals surface area contributed by atoms with Gasteiger partial charge in [0.25, 0.3) is 0 Å². The minimum atomic E-state index is -0.189. The van der Waals surface area contributed by atoms with Crippen LogP contribution in [0.1, 0.15) is 43.2 Å². The first kappa shape index (κ1) is 17.2. The number of hydrogen-bond acceptors (Lipinski definition) is 2. The van der Waals surface area contributed by atoms with E-state index >= 15 is 0 Å². The topological polar surface area (TPSA) is 18.5 Å². The molecule has 4 bridgehead atoms. The second-order valence-electron chi connectivity index (χ2n) is 9.24. The number of benzene rings is 2. The van der Waals surface area contributed by atoms with Gasteiger partial charge in [-0.2, -0.15) is 0 Å². The van der Waals surface area contributed by atoms with Crippen molar-refractivity contribution >= 4 is 0 Å². The second-order valence-corrected chi connectivity index (χ2v) is 9.24.